The van der Waals surface area contributed by atoms with Gasteiger partial charge in [0.1, 0.15) is 11.5 Å². The van der Waals surface area contributed by atoms with Gasteiger partial charge in [0.2, 0.25) is 5.88 Å². The van der Waals surface area contributed by atoms with Crippen molar-refractivity contribution in [3.8, 4) is 17.4 Å². The number of ether oxygens (including phenoxy) is 2. The molecule has 0 bridgehead atoms. The number of nitrogens with one attached hydrogen (secondary N) is 2. The van der Waals surface area contributed by atoms with Crippen LogP contribution >= 0.6 is 0 Å². The van der Waals surface area contributed by atoms with Crippen molar-refractivity contribution in [1.29, 1.82) is 0 Å². The van der Waals surface area contributed by atoms with Crippen LogP contribution in [0.1, 0.15) is 23.7 Å². The molecule has 0 aliphatic rings. The molecule has 9 heteroatoms. The van der Waals surface area contributed by atoms with Crippen LogP contribution in [0.4, 0.5) is 5.69 Å². The average Bonchev–Trinajstić information content (AvgIpc) is 2.79. The first kappa shape index (κ1) is 22.1. The highest BCUT2D eigenvalue weighted by Gasteiger charge is 2.14. The fourth-order valence-corrected chi connectivity index (χ4v) is 3.65. The molecule has 162 valence electrons. The third kappa shape index (κ3) is 5.95. The minimum atomic E-state index is -3.75. The zero-order valence-corrected chi connectivity index (χ0v) is 18.0. The van der Waals surface area contributed by atoms with Gasteiger partial charge in [-0.2, -0.15) is 0 Å². The zero-order valence-electron chi connectivity index (χ0n) is 17.2. The number of hydrogen-bond donors (Lipinski definition) is 2. The highest BCUT2D eigenvalue weighted by atomic mass is 32.2. The molecule has 1 amide bonds. The third-order valence-corrected chi connectivity index (χ3v) is 5.63. The van der Waals surface area contributed by atoms with Gasteiger partial charge in [0.15, 0.2) is 0 Å². The summed E-state index contributed by atoms with van der Waals surface area (Å²) in [4.78, 5) is 16.2. The standard InChI is InChI=1S/C22H23N3O5S/c1-3-14-23-22(26)16-4-7-19(8-5-16)30-21-13-6-17(15-24-21)25-31(27,28)20-11-9-18(29-2)10-12-20/h4-13,15,25H,3,14H2,1-2H3,(H,23,26). The first-order valence-electron chi connectivity index (χ1n) is 9.60. The summed E-state index contributed by atoms with van der Waals surface area (Å²) in [5.74, 6) is 1.22. The van der Waals surface area contributed by atoms with Gasteiger partial charge in [0, 0.05) is 18.2 Å². The second-order valence-corrected chi connectivity index (χ2v) is 8.23. The number of carbonyl (C=O) groups excluding carboxylic acids is 1. The largest absolute Gasteiger partial charge is 0.497 e. The van der Waals surface area contributed by atoms with E-state index in [0.29, 0.717) is 29.3 Å². The van der Waals surface area contributed by atoms with Gasteiger partial charge in [0.25, 0.3) is 15.9 Å². The first-order chi connectivity index (χ1) is 14.9. The van der Waals surface area contributed by atoms with Crippen LogP contribution in [0.5, 0.6) is 17.4 Å². The lowest BCUT2D eigenvalue weighted by atomic mass is 10.2. The summed E-state index contributed by atoms with van der Waals surface area (Å²) in [7, 11) is -2.24. The zero-order chi connectivity index (χ0) is 22.3. The molecule has 0 aliphatic heterocycles. The lowest BCUT2D eigenvalue weighted by Gasteiger charge is -2.10. The van der Waals surface area contributed by atoms with Crippen molar-refractivity contribution in [2.24, 2.45) is 0 Å². The molecule has 0 radical (unpaired) electrons. The number of anilines is 1. The summed E-state index contributed by atoms with van der Waals surface area (Å²) >= 11 is 0. The van der Waals surface area contributed by atoms with Crippen molar-refractivity contribution in [2.45, 2.75) is 18.2 Å². The topological polar surface area (TPSA) is 107 Å². The van der Waals surface area contributed by atoms with Crippen molar-refractivity contribution >= 4 is 21.6 Å². The number of benzene rings is 2. The maximum absolute atomic E-state index is 12.5. The van der Waals surface area contributed by atoms with Gasteiger partial charge in [-0.25, -0.2) is 13.4 Å². The normalized spacial score (nSPS) is 10.9. The molecule has 1 aromatic heterocycles. The minimum Gasteiger partial charge on any atom is -0.497 e. The Bertz CT molecular complexity index is 1110. The molecule has 1 heterocycles. The van der Waals surface area contributed by atoms with Crippen LogP contribution < -0.4 is 19.5 Å². The van der Waals surface area contributed by atoms with E-state index in [2.05, 4.69) is 15.0 Å². The van der Waals surface area contributed by atoms with Crippen LogP contribution in [0.2, 0.25) is 0 Å². The second-order valence-electron chi connectivity index (χ2n) is 6.55. The number of hydrogen-bond acceptors (Lipinski definition) is 6. The average molecular weight is 442 g/mol. The highest BCUT2D eigenvalue weighted by molar-refractivity contribution is 7.92. The molecule has 0 saturated carbocycles. The second kappa shape index (κ2) is 9.94. The van der Waals surface area contributed by atoms with Crippen molar-refractivity contribution in [1.82, 2.24) is 10.3 Å². The van der Waals surface area contributed by atoms with Crippen LogP contribution in [0, 0.1) is 0 Å². The Kier molecular flexibility index (Phi) is 7.09. The van der Waals surface area contributed by atoms with Gasteiger partial charge in [-0.3, -0.25) is 9.52 Å². The fraction of sp³-hybridized carbons (Fsp3) is 0.182. The van der Waals surface area contributed by atoms with Gasteiger partial charge in [-0.15, -0.1) is 0 Å². The van der Waals surface area contributed by atoms with Crippen LogP contribution in [0.3, 0.4) is 0 Å². The van der Waals surface area contributed by atoms with E-state index in [1.54, 1.807) is 48.5 Å². The fourth-order valence-electron chi connectivity index (χ4n) is 2.61. The van der Waals surface area contributed by atoms with E-state index in [-0.39, 0.29) is 16.7 Å². The molecule has 8 nitrogen and oxygen atoms in total. The molecular weight excluding hydrogens is 418 g/mol. The number of rotatable bonds is 9. The third-order valence-electron chi connectivity index (χ3n) is 4.23. The minimum absolute atomic E-state index is 0.108. The lowest BCUT2D eigenvalue weighted by molar-refractivity contribution is 0.0953. The smallest absolute Gasteiger partial charge is 0.261 e. The van der Waals surface area contributed by atoms with E-state index >= 15 is 0 Å². The van der Waals surface area contributed by atoms with Crippen molar-refractivity contribution in [2.75, 3.05) is 18.4 Å². The van der Waals surface area contributed by atoms with E-state index in [1.165, 1.54) is 25.4 Å². The van der Waals surface area contributed by atoms with Crippen molar-refractivity contribution in [3.05, 3.63) is 72.4 Å². The molecule has 0 spiro atoms. The highest BCUT2D eigenvalue weighted by Crippen LogP contribution is 2.23. The molecule has 0 atom stereocenters. The van der Waals surface area contributed by atoms with Gasteiger partial charge in [-0.1, -0.05) is 6.92 Å². The van der Waals surface area contributed by atoms with Crippen LogP contribution in [-0.2, 0) is 10.0 Å². The van der Waals surface area contributed by atoms with Crippen molar-refractivity contribution in [3.63, 3.8) is 0 Å². The molecule has 2 aromatic carbocycles. The molecular formula is C22H23N3O5S. The number of amides is 1. The maximum atomic E-state index is 12.5. The maximum Gasteiger partial charge on any atom is 0.261 e. The predicted octanol–water partition coefficient (Wildman–Crippen LogP) is 3.82. The Morgan fingerprint density at radius 2 is 1.65 bits per heavy atom. The van der Waals surface area contributed by atoms with Gasteiger partial charge in [0.05, 0.1) is 23.9 Å². The Morgan fingerprint density at radius 1 is 0.968 bits per heavy atom. The molecule has 0 fully saturated rings. The molecule has 3 rings (SSSR count). The number of nitrogens with zero attached hydrogens (tertiary/aromatic N) is 1. The van der Waals surface area contributed by atoms with E-state index < -0.39 is 10.0 Å². The summed E-state index contributed by atoms with van der Waals surface area (Å²) in [5.41, 5.74) is 0.836. The number of aromatic nitrogens is 1. The summed E-state index contributed by atoms with van der Waals surface area (Å²) in [5, 5.41) is 2.81. The van der Waals surface area contributed by atoms with Crippen LogP contribution in [-0.4, -0.2) is 33.0 Å². The lowest BCUT2D eigenvalue weighted by Crippen LogP contribution is -2.23. The Morgan fingerprint density at radius 3 is 2.23 bits per heavy atom. The van der Waals surface area contributed by atoms with Crippen LogP contribution in [0.25, 0.3) is 0 Å². The summed E-state index contributed by atoms with van der Waals surface area (Å²) in [6.45, 7) is 2.61. The molecule has 0 saturated heterocycles. The Hall–Kier alpha value is -3.59. The molecule has 31 heavy (non-hydrogen) atoms. The van der Waals surface area contributed by atoms with Crippen molar-refractivity contribution < 1.29 is 22.7 Å². The van der Waals surface area contributed by atoms with Gasteiger partial charge in [-0.05, 0) is 61.0 Å². The number of carbonyl (C=O) groups is 1. The number of pyridine rings is 1. The molecule has 2 N–H and O–H groups in total. The molecule has 0 aliphatic carbocycles. The molecule has 3 aromatic rings. The predicted molar refractivity (Wildman–Crippen MR) is 117 cm³/mol. The Balaban J connectivity index is 1.62. The summed E-state index contributed by atoms with van der Waals surface area (Å²) in [6, 6.07) is 15.8. The van der Waals surface area contributed by atoms with E-state index in [9.17, 15) is 13.2 Å². The first-order valence-corrected chi connectivity index (χ1v) is 11.1. The van der Waals surface area contributed by atoms with Crippen LogP contribution in [0.15, 0.2) is 71.8 Å². The summed E-state index contributed by atoms with van der Waals surface area (Å²) < 4.78 is 38.1. The van der Waals surface area contributed by atoms with Gasteiger partial charge < -0.3 is 14.8 Å². The van der Waals surface area contributed by atoms with E-state index in [1.807, 2.05) is 6.92 Å². The SMILES string of the molecule is CCCNC(=O)c1ccc(Oc2ccc(NS(=O)(=O)c3ccc(OC)cc3)cn2)cc1. The van der Waals surface area contributed by atoms with Gasteiger partial charge >= 0.3 is 0 Å². The Labute approximate surface area is 181 Å². The van der Waals surface area contributed by atoms with E-state index in [0.717, 1.165) is 6.42 Å². The monoisotopic (exact) mass is 441 g/mol. The summed E-state index contributed by atoms with van der Waals surface area (Å²) in [6.07, 6.45) is 2.23. The number of methoxy groups -OCH3 is 1. The quantitative estimate of drug-likeness (QED) is 0.523. The molecule has 0 unspecified atom stereocenters. The number of sulfonamides is 1. The van der Waals surface area contributed by atoms with E-state index in [4.69, 9.17) is 9.47 Å².